The molecule has 1 heterocycles. The van der Waals surface area contributed by atoms with E-state index in [1.807, 2.05) is 30.8 Å². The zero-order chi connectivity index (χ0) is 14.0. The third-order valence-corrected chi connectivity index (χ3v) is 3.70. The van der Waals surface area contributed by atoms with E-state index in [1.165, 1.54) is 11.1 Å². The fourth-order valence-electron chi connectivity index (χ4n) is 2.83. The highest BCUT2D eigenvalue weighted by Gasteiger charge is 2.47. The van der Waals surface area contributed by atoms with Crippen molar-refractivity contribution in [1.82, 2.24) is 0 Å². The average Bonchev–Trinajstić information content (AvgIpc) is 2.95. The van der Waals surface area contributed by atoms with Crippen molar-refractivity contribution in [3.8, 4) is 0 Å². The van der Waals surface area contributed by atoms with E-state index in [-0.39, 0.29) is 5.41 Å². The van der Waals surface area contributed by atoms with Crippen molar-refractivity contribution >= 4 is 5.90 Å². The van der Waals surface area contributed by atoms with Gasteiger partial charge in [0.05, 0.1) is 6.26 Å². The highest BCUT2D eigenvalue weighted by Crippen LogP contribution is 2.38. The first-order valence-electron chi connectivity index (χ1n) is 6.75. The van der Waals surface area contributed by atoms with E-state index >= 15 is 0 Å². The summed E-state index contributed by atoms with van der Waals surface area (Å²) in [5.74, 6) is 0.926. The van der Waals surface area contributed by atoms with Crippen molar-refractivity contribution < 1.29 is 9.31 Å². The van der Waals surface area contributed by atoms with Gasteiger partial charge in [0.15, 0.2) is 5.41 Å². The average molecular weight is 264 g/mol. The highest BCUT2D eigenvalue weighted by atomic mass is 16.5. The maximum absolute atomic E-state index is 5.80. The largest absolute Gasteiger partial charge is 0.416 e. The summed E-state index contributed by atoms with van der Waals surface area (Å²) in [7, 11) is 4.03. The molecule has 1 aliphatic rings. The Morgan fingerprint density at radius 2 is 1.30 bits per heavy atom. The first-order valence-corrected chi connectivity index (χ1v) is 6.75. The van der Waals surface area contributed by atoms with Crippen molar-refractivity contribution in [2.75, 3.05) is 14.1 Å². The lowest BCUT2D eigenvalue weighted by Crippen LogP contribution is -2.37. The van der Waals surface area contributed by atoms with E-state index in [2.05, 4.69) is 54.6 Å². The Labute approximate surface area is 119 Å². The summed E-state index contributed by atoms with van der Waals surface area (Å²) in [6, 6.07) is 20.9. The molecule has 0 bridgehead atoms. The van der Waals surface area contributed by atoms with Crippen LogP contribution in [-0.2, 0) is 10.2 Å². The fourth-order valence-corrected chi connectivity index (χ4v) is 2.83. The first-order chi connectivity index (χ1) is 9.75. The normalized spacial score (nSPS) is 16.0. The molecule has 0 saturated heterocycles. The lowest BCUT2D eigenvalue weighted by molar-refractivity contribution is -0.475. The van der Waals surface area contributed by atoms with Crippen LogP contribution in [-0.4, -0.2) is 24.6 Å². The molecule has 0 aromatic heterocycles. The molecule has 3 rings (SSSR count). The Hall–Kier alpha value is -2.35. The monoisotopic (exact) mass is 264 g/mol. The van der Waals surface area contributed by atoms with Crippen LogP contribution in [0.1, 0.15) is 11.1 Å². The van der Waals surface area contributed by atoms with Gasteiger partial charge in [-0.25, -0.2) is 4.58 Å². The molecule has 0 spiro atoms. The molecule has 1 aliphatic heterocycles. The second kappa shape index (κ2) is 4.97. The number of rotatable bonds is 2. The standard InChI is InChI=1S/C18H18NO/c1-19(2)17-18(13-14-20-17,15-9-5-3-6-10-15)16-11-7-4-8-12-16/h3-14H,1-2H3/q+1. The predicted molar refractivity (Wildman–Crippen MR) is 81.0 cm³/mol. The van der Waals surface area contributed by atoms with Gasteiger partial charge in [-0.15, -0.1) is 0 Å². The zero-order valence-corrected chi connectivity index (χ0v) is 11.8. The SMILES string of the molecule is C[N+](C)=C1OC=CC1(c1ccccc1)c1ccccc1. The molecule has 2 aromatic carbocycles. The van der Waals surface area contributed by atoms with Crippen molar-refractivity contribution in [2.24, 2.45) is 0 Å². The van der Waals surface area contributed by atoms with E-state index in [1.54, 1.807) is 6.26 Å². The molecule has 0 fully saturated rings. The first kappa shape index (κ1) is 12.7. The smallest absolute Gasteiger partial charge is 0.360 e. The molecule has 0 radical (unpaired) electrons. The van der Waals surface area contributed by atoms with Crippen LogP contribution < -0.4 is 0 Å². The molecular weight excluding hydrogens is 246 g/mol. The van der Waals surface area contributed by atoms with Crippen molar-refractivity contribution in [3.05, 3.63) is 84.1 Å². The Balaban J connectivity index is 2.30. The highest BCUT2D eigenvalue weighted by molar-refractivity contribution is 5.93. The molecule has 0 unspecified atom stereocenters. The summed E-state index contributed by atoms with van der Waals surface area (Å²) in [6.07, 6.45) is 3.92. The molecule has 0 aliphatic carbocycles. The third kappa shape index (κ3) is 1.85. The van der Waals surface area contributed by atoms with E-state index in [0.29, 0.717) is 0 Å². The molecule has 2 heteroatoms. The minimum Gasteiger partial charge on any atom is -0.416 e. The Kier molecular flexibility index (Phi) is 3.15. The van der Waals surface area contributed by atoms with Gasteiger partial charge in [0.1, 0.15) is 14.1 Å². The van der Waals surface area contributed by atoms with Crippen LogP contribution in [0.3, 0.4) is 0 Å². The number of hydrogen-bond acceptors (Lipinski definition) is 1. The van der Waals surface area contributed by atoms with Crippen LogP contribution in [0.4, 0.5) is 0 Å². The minimum atomic E-state index is -0.341. The van der Waals surface area contributed by atoms with E-state index in [4.69, 9.17) is 4.74 Å². The molecule has 0 N–H and O–H groups in total. The van der Waals surface area contributed by atoms with Gasteiger partial charge in [0.2, 0.25) is 0 Å². The van der Waals surface area contributed by atoms with Gasteiger partial charge < -0.3 is 4.74 Å². The van der Waals surface area contributed by atoms with Crippen LogP contribution in [0, 0.1) is 0 Å². The second-order valence-corrected chi connectivity index (χ2v) is 5.16. The lowest BCUT2D eigenvalue weighted by Gasteiger charge is -2.25. The van der Waals surface area contributed by atoms with Crippen LogP contribution >= 0.6 is 0 Å². The van der Waals surface area contributed by atoms with Crippen molar-refractivity contribution in [1.29, 1.82) is 0 Å². The van der Waals surface area contributed by atoms with Crippen LogP contribution in [0.15, 0.2) is 73.0 Å². The second-order valence-electron chi connectivity index (χ2n) is 5.16. The lowest BCUT2D eigenvalue weighted by atomic mass is 9.75. The zero-order valence-electron chi connectivity index (χ0n) is 11.8. The summed E-state index contributed by atoms with van der Waals surface area (Å²) < 4.78 is 7.84. The van der Waals surface area contributed by atoms with Crippen LogP contribution in [0.5, 0.6) is 0 Å². The predicted octanol–water partition coefficient (Wildman–Crippen LogP) is 3.19. The summed E-state index contributed by atoms with van der Waals surface area (Å²) in [6.45, 7) is 0. The van der Waals surface area contributed by atoms with Gasteiger partial charge in [0, 0.05) is 0 Å². The van der Waals surface area contributed by atoms with Crippen molar-refractivity contribution in [3.63, 3.8) is 0 Å². The molecule has 2 nitrogen and oxygen atoms in total. The summed E-state index contributed by atoms with van der Waals surface area (Å²) in [4.78, 5) is 0. The number of hydrogen-bond donors (Lipinski definition) is 0. The van der Waals surface area contributed by atoms with Gasteiger partial charge in [-0.2, -0.15) is 0 Å². The fraction of sp³-hybridized carbons (Fsp3) is 0.167. The number of ether oxygens (including phenoxy) is 1. The number of nitrogens with zero attached hydrogens (tertiary/aromatic N) is 1. The summed E-state index contributed by atoms with van der Waals surface area (Å²) >= 11 is 0. The third-order valence-electron chi connectivity index (χ3n) is 3.70. The van der Waals surface area contributed by atoms with Gasteiger partial charge in [-0.05, 0) is 17.2 Å². The summed E-state index contributed by atoms with van der Waals surface area (Å²) in [5.41, 5.74) is 2.08. The molecule has 0 atom stereocenters. The molecule has 2 aromatic rings. The Morgan fingerprint density at radius 1 is 0.800 bits per heavy atom. The quantitative estimate of drug-likeness (QED) is 0.759. The van der Waals surface area contributed by atoms with E-state index < -0.39 is 0 Å². The molecule has 0 amide bonds. The van der Waals surface area contributed by atoms with Gasteiger partial charge in [-0.3, -0.25) is 0 Å². The van der Waals surface area contributed by atoms with Crippen LogP contribution in [0.25, 0.3) is 0 Å². The van der Waals surface area contributed by atoms with Gasteiger partial charge >= 0.3 is 5.90 Å². The molecule has 100 valence electrons. The summed E-state index contributed by atoms with van der Waals surface area (Å²) in [5, 5.41) is 0. The van der Waals surface area contributed by atoms with E-state index in [9.17, 15) is 0 Å². The maximum Gasteiger partial charge on any atom is 0.360 e. The molecule has 0 saturated carbocycles. The van der Waals surface area contributed by atoms with Gasteiger partial charge in [0.25, 0.3) is 0 Å². The van der Waals surface area contributed by atoms with Crippen LogP contribution in [0.2, 0.25) is 0 Å². The minimum absolute atomic E-state index is 0.341. The Bertz CT molecular complexity index is 613. The molecular formula is C18H18NO+. The van der Waals surface area contributed by atoms with E-state index in [0.717, 1.165) is 5.90 Å². The molecule has 20 heavy (non-hydrogen) atoms. The van der Waals surface area contributed by atoms with Crippen molar-refractivity contribution in [2.45, 2.75) is 5.41 Å². The number of benzene rings is 2. The Morgan fingerprint density at radius 3 is 1.75 bits per heavy atom. The maximum atomic E-state index is 5.80. The van der Waals surface area contributed by atoms with Gasteiger partial charge in [-0.1, -0.05) is 60.7 Å². The topological polar surface area (TPSA) is 12.2 Å².